The molecule has 7 nitrogen and oxygen atoms in total. The summed E-state index contributed by atoms with van der Waals surface area (Å²) in [4.78, 5) is 39.1. The number of para-hydroxylation sites is 1. The molecule has 146 valence electrons. The number of primary amides is 1. The lowest BCUT2D eigenvalue weighted by Gasteiger charge is -2.47. The fraction of sp³-hybridized carbons (Fsp3) is 0.550. The fourth-order valence-corrected chi connectivity index (χ4v) is 4.00. The first-order chi connectivity index (χ1) is 13.0. The van der Waals surface area contributed by atoms with Gasteiger partial charge in [0.2, 0.25) is 17.7 Å². The van der Waals surface area contributed by atoms with Crippen molar-refractivity contribution in [3.05, 3.63) is 30.3 Å². The molecule has 1 aromatic carbocycles. The number of piperidine rings is 2. The number of likely N-dealkylation sites (tertiary alicyclic amines) is 2. The van der Waals surface area contributed by atoms with Crippen LogP contribution in [0.5, 0.6) is 5.75 Å². The minimum absolute atomic E-state index is 0.000673. The van der Waals surface area contributed by atoms with Crippen LogP contribution in [0.25, 0.3) is 0 Å². The van der Waals surface area contributed by atoms with Gasteiger partial charge in [0, 0.05) is 26.1 Å². The van der Waals surface area contributed by atoms with Crippen LogP contribution in [0.4, 0.5) is 0 Å². The Kier molecular flexibility index (Phi) is 5.98. The highest BCUT2D eigenvalue weighted by molar-refractivity contribution is 5.84. The number of hydrogen-bond donors (Lipinski definition) is 1. The summed E-state index contributed by atoms with van der Waals surface area (Å²) < 4.78 is 5.60. The molecule has 0 atom stereocenters. The number of hydrogen-bond acceptors (Lipinski definition) is 4. The first-order valence-electron chi connectivity index (χ1n) is 9.49. The maximum atomic E-state index is 12.4. The van der Waals surface area contributed by atoms with Crippen molar-refractivity contribution in [3.63, 3.8) is 0 Å². The average Bonchev–Trinajstić information content (AvgIpc) is 2.66. The first-order valence-corrected chi connectivity index (χ1v) is 9.49. The van der Waals surface area contributed by atoms with Gasteiger partial charge in [-0.15, -0.1) is 0 Å². The van der Waals surface area contributed by atoms with E-state index in [1.807, 2.05) is 35.2 Å². The lowest BCUT2D eigenvalue weighted by molar-refractivity contribution is -0.144. The summed E-state index contributed by atoms with van der Waals surface area (Å²) in [6.07, 6.45) is 3.32. The van der Waals surface area contributed by atoms with E-state index < -0.39 is 5.91 Å². The van der Waals surface area contributed by atoms with E-state index in [0.717, 1.165) is 25.0 Å². The molecule has 0 bridgehead atoms. The van der Waals surface area contributed by atoms with Crippen LogP contribution in [0.15, 0.2) is 30.3 Å². The van der Waals surface area contributed by atoms with Gasteiger partial charge < -0.3 is 20.3 Å². The van der Waals surface area contributed by atoms with Gasteiger partial charge in [-0.1, -0.05) is 18.2 Å². The zero-order valence-corrected chi connectivity index (χ0v) is 15.6. The Hall–Kier alpha value is -2.57. The van der Waals surface area contributed by atoms with E-state index in [2.05, 4.69) is 0 Å². The summed E-state index contributed by atoms with van der Waals surface area (Å²) in [7, 11) is 0. The predicted molar refractivity (Wildman–Crippen MR) is 99.8 cm³/mol. The minimum Gasteiger partial charge on any atom is -0.493 e. The van der Waals surface area contributed by atoms with Crippen LogP contribution >= 0.6 is 0 Å². The Morgan fingerprint density at radius 2 is 1.81 bits per heavy atom. The van der Waals surface area contributed by atoms with Gasteiger partial charge in [0.15, 0.2) is 0 Å². The Bertz CT molecular complexity index is 684. The number of nitrogens with zero attached hydrogens (tertiary/aromatic N) is 2. The molecule has 2 heterocycles. The topological polar surface area (TPSA) is 92.9 Å². The number of benzene rings is 1. The smallest absolute Gasteiger partial charge is 0.237 e. The summed E-state index contributed by atoms with van der Waals surface area (Å²) >= 11 is 0. The summed E-state index contributed by atoms with van der Waals surface area (Å²) in [5.74, 6) is 0.383. The summed E-state index contributed by atoms with van der Waals surface area (Å²) in [6, 6.07) is 9.47. The molecule has 0 unspecified atom stereocenters. The Labute approximate surface area is 159 Å². The fourth-order valence-electron chi connectivity index (χ4n) is 4.00. The standard InChI is InChI=1S/C20H27N3O4/c21-17(24)14-23-15-20(8-6-18(23)25)9-11-22(12-10-20)19(26)7-13-27-16-4-2-1-3-5-16/h1-5H,6-15H2,(H2,21,24). The molecule has 27 heavy (non-hydrogen) atoms. The second-order valence-electron chi connectivity index (χ2n) is 7.51. The van der Waals surface area contributed by atoms with E-state index in [1.54, 1.807) is 4.90 Å². The van der Waals surface area contributed by atoms with E-state index in [9.17, 15) is 14.4 Å². The van der Waals surface area contributed by atoms with Crippen LogP contribution in [-0.4, -0.2) is 60.3 Å². The van der Waals surface area contributed by atoms with Crippen molar-refractivity contribution < 1.29 is 19.1 Å². The van der Waals surface area contributed by atoms with E-state index in [0.29, 0.717) is 39.1 Å². The van der Waals surface area contributed by atoms with Crippen molar-refractivity contribution in [2.75, 3.05) is 32.8 Å². The van der Waals surface area contributed by atoms with Crippen molar-refractivity contribution in [2.24, 2.45) is 11.1 Å². The SMILES string of the molecule is NC(=O)CN1CC2(CCC1=O)CCN(C(=O)CCOc1ccccc1)CC2. The third-order valence-electron chi connectivity index (χ3n) is 5.60. The van der Waals surface area contributed by atoms with Crippen molar-refractivity contribution in [2.45, 2.75) is 32.1 Å². The third kappa shape index (κ3) is 4.99. The minimum atomic E-state index is -0.480. The van der Waals surface area contributed by atoms with Crippen molar-refractivity contribution in [1.82, 2.24) is 9.80 Å². The van der Waals surface area contributed by atoms with Gasteiger partial charge in [-0.2, -0.15) is 0 Å². The lowest BCUT2D eigenvalue weighted by atomic mass is 9.72. The van der Waals surface area contributed by atoms with Crippen LogP contribution in [-0.2, 0) is 14.4 Å². The lowest BCUT2D eigenvalue weighted by Crippen LogP contribution is -2.53. The molecule has 7 heteroatoms. The van der Waals surface area contributed by atoms with Crippen molar-refractivity contribution >= 4 is 17.7 Å². The van der Waals surface area contributed by atoms with E-state index >= 15 is 0 Å². The molecule has 0 saturated carbocycles. The normalized spacial score (nSPS) is 19.2. The van der Waals surface area contributed by atoms with Gasteiger partial charge >= 0.3 is 0 Å². The van der Waals surface area contributed by atoms with E-state index in [1.165, 1.54) is 0 Å². The molecule has 3 amide bonds. The molecular formula is C20H27N3O4. The Balaban J connectivity index is 1.45. The van der Waals surface area contributed by atoms with Crippen molar-refractivity contribution in [3.8, 4) is 5.75 Å². The van der Waals surface area contributed by atoms with E-state index in [-0.39, 0.29) is 23.8 Å². The van der Waals surface area contributed by atoms with Crippen molar-refractivity contribution in [1.29, 1.82) is 0 Å². The van der Waals surface area contributed by atoms with Crippen LogP contribution in [0.1, 0.15) is 32.1 Å². The second kappa shape index (κ2) is 8.41. The number of amides is 3. The molecule has 0 aliphatic carbocycles. The molecule has 0 aromatic heterocycles. The maximum Gasteiger partial charge on any atom is 0.237 e. The van der Waals surface area contributed by atoms with Crippen LogP contribution < -0.4 is 10.5 Å². The predicted octanol–water partition coefficient (Wildman–Crippen LogP) is 1.17. The summed E-state index contributed by atoms with van der Waals surface area (Å²) in [5, 5.41) is 0. The first kappa shape index (κ1) is 19.2. The summed E-state index contributed by atoms with van der Waals surface area (Å²) in [6.45, 7) is 2.28. The van der Waals surface area contributed by atoms with Crippen LogP contribution in [0.2, 0.25) is 0 Å². The molecule has 1 spiro atoms. The summed E-state index contributed by atoms with van der Waals surface area (Å²) in [5.41, 5.74) is 5.26. The average molecular weight is 373 g/mol. The van der Waals surface area contributed by atoms with Gasteiger partial charge in [0.05, 0.1) is 19.6 Å². The highest BCUT2D eigenvalue weighted by atomic mass is 16.5. The molecule has 2 aliphatic rings. The monoisotopic (exact) mass is 373 g/mol. The molecule has 0 radical (unpaired) electrons. The highest BCUT2D eigenvalue weighted by Crippen LogP contribution is 2.40. The second-order valence-corrected chi connectivity index (χ2v) is 7.51. The van der Waals surface area contributed by atoms with Gasteiger partial charge in [-0.05, 0) is 36.8 Å². The van der Waals surface area contributed by atoms with Gasteiger partial charge in [-0.3, -0.25) is 14.4 Å². The maximum absolute atomic E-state index is 12.4. The molecule has 2 fully saturated rings. The van der Waals surface area contributed by atoms with Gasteiger partial charge in [0.25, 0.3) is 0 Å². The molecule has 3 rings (SSSR count). The number of rotatable bonds is 6. The molecule has 2 aliphatic heterocycles. The number of ether oxygens (including phenoxy) is 1. The van der Waals surface area contributed by atoms with Crippen LogP contribution in [0.3, 0.4) is 0 Å². The zero-order valence-electron chi connectivity index (χ0n) is 15.6. The molecular weight excluding hydrogens is 346 g/mol. The molecule has 2 N–H and O–H groups in total. The largest absolute Gasteiger partial charge is 0.493 e. The number of nitrogens with two attached hydrogens (primary N) is 1. The highest BCUT2D eigenvalue weighted by Gasteiger charge is 2.41. The van der Waals surface area contributed by atoms with Gasteiger partial charge in [0.1, 0.15) is 5.75 Å². The third-order valence-corrected chi connectivity index (χ3v) is 5.60. The Morgan fingerprint density at radius 1 is 1.11 bits per heavy atom. The number of carbonyl (C=O) groups excluding carboxylic acids is 3. The van der Waals surface area contributed by atoms with Crippen LogP contribution in [0, 0.1) is 5.41 Å². The quantitative estimate of drug-likeness (QED) is 0.810. The van der Waals surface area contributed by atoms with E-state index in [4.69, 9.17) is 10.5 Å². The molecule has 1 aromatic rings. The zero-order chi connectivity index (χ0) is 19.3. The molecule has 2 saturated heterocycles. The number of carbonyl (C=O) groups is 3. The Morgan fingerprint density at radius 3 is 2.48 bits per heavy atom. The van der Waals surface area contributed by atoms with Gasteiger partial charge in [-0.25, -0.2) is 0 Å².